The van der Waals surface area contributed by atoms with Crippen LogP contribution in [0.4, 0.5) is 0 Å². The molecule has 2 aliphatic rings. The Hall–Kier alpha value is -0.820. The Bertz CT molecular complexity index is 531. The van der Waals surface area contributed by atoms with Crippen LogP contribution in [0.1, 0.15) is 42.7 Å². The van der Waals surface area contributed by atoms with Crippen LogP contribution in [0.25, 0.3) is 0 Å². The Morgan fingerprint density at radius 1 is 1.17 bits per heavy atom. The lowest BCUT2D eigenvalue weighted by Gasteiger charge is -2.38. The summed E-state index contributed by atoms with van der Waals surface area (Å²) in [6, 6.07) is 0. The van der Waals surface area contributed by atoms with Crippen molar-refractivity contribution in [3.63, 3.8) is 0 Å². The summed E-state index contributed by atoms with van der Waals surface area (Å²) in [5.74, 6) is 1.05. The van der Waals surface area contributed by atoms with Crippen LogP contribution in [0.2, 0.25) is 0 Å². The second-order valence-corrected chi connectivity index (χ2v) is 6.73. The van der Waals surface area contributed by atoms with Gasteiger partial charge in [-0.2, -0.15) is 0 Å². The highest BCUT2D eigenvalue weighted by Crippen LogP contribution is 2.29. The van der Waals surface area contributed by atoms with E-state index in [0.29, 0.717) is 0 Å². The van der Waals surface area contributed by atoms with Crippen LogP contribution >= 0.6 is 24.8 Å². The highest BCUT2D eigenvalue weighted by atomic mass is 35.5. The smallest absolute Gasteiger partial charge is 0.242 e. The van der Waals surface area contributed by atoms with Gasteiger partial charge in [0, 0.05) is 38.3 Å². The molecule has 0 aromatic carbocycles. The van der Waals surface area contributed by atoms with Crippen LogP contribution in [0.15, 0.2) is 4.52 Å². The Morgan fingerprint density at radius 3 is 2.25 bits per heavy atom. The first-order chi connectivity index (χ1) is 10.5. The van der Waals surface area contributed by atoms with E-state index in [2.05, 4.69) is 10.1 Å². The zero-order valence-corrected chi connectivity index (χ0v) is 16.0. The second-order valence-electron chi connectivity index (χ2n) is 6.73. The van der Waals surface area contributed by atoms with Gasteiger partial charge in [-0.15, -0.1) is 24.8 Å². The lowest BCUT2D eigenvalue weighted by molar-refractivity contribution is -0.138. The molecule has 2 fully saturated rings. The summed E-state index contributed by atoms with van der Waals surface area (Å²) in [7, 11) is 0. The van der Waals surface area contributed by atoms with Gasteiger partial charge in [-0.3, -0.25) is 9.69 Å². The fraction of sp³-hybridized carbons (Fsp3) is 0.750. The van der Waals surface area contributed by atoms with E-state index in [1.165, 1.54) is 5.56 Å². The second kappa shape index (κ2) is 8.52. The zero-order chi connectivity index (χ0) is 15.7. The van der Waals surface area contributed by atoms with Crippen molar-refractivity contribution in [3.05, 3.63) is 17.0 Å². The first kappa shape index (κ1) is 21.2. The molecule has 0 unspecified atom stereocenters. The van der Waals surface area contributed by atoms with Gasteiger partial charge in [-0.1, -0.05) is 18.0 Å². The first-order valence-corrected chi connectivity index (χ1v) is 8.22. The molecule has 1 aliphatic carbocycles. The van der Waals surface area contributed by atoms with Crippen molar-refractivity contribution in [1.29, 1.82) is 0 Å². The molecule has 8 heteroatoms. The average molecular weight is 379 g/mol. The molecule has 1 aromatic rings. The topological polar surface area (TPSA) is 75.6 Å². The van der Waals surface area contributed by atoms with Crippen molar-refractivity contribution < 1.29 is 9.32 Å². The van der Waals surface area contributed by atoms with Crippen molar-refractivity contribution in [2.75, 3.05) is 26.2 Å². The monoisotopic (exact) mass is 378 g/mol. The minimum Gasteiger partial charge on any atom is -0.361 e. The number of nitrogens with two attached hydrogens (primary N) is 1. The number of aryl methyl sites for hydroxylation is 2. The molecule has 0 bridgehead atoms. The summed E-state index contributed by atoms with van der Waals surface area (Å²) in [6.45, 7) is 8.06. The molecular weight excluding hydrogens is 351 g/mol. The number of nitrogens with zero attached hydrogens (tertiary/aromatic N) is 3. The van der Waals surface area contributed by atoms with E-state index in [1.54, 1.807) is 0 Å². The molecule has 1 saturated heterocycles. The van der Waals surface area contributed by atoms with Crippen molar-refractivity contribution in [3.8, 4) is 0 Å². The molecule has 24 heavy (non-hydrogen) atoms. The van der Waals surface area contributed by atoms with Gasteiger partial charge in [0.05, 0.1) is 11.2 Å². The summed E-state index contributed by atoms with van der Waals surface area (Å²) in [5.41, 5.74) is 7.83. The summed E-state index contributed by atoms with van der Waals surface area (Å²) >= 11 is 0. The Balaban J connectivity index is 0.00000144. The SMILES string of the molecule is Cc1noc(C)c1CN1CCN(C(=O)C2(N)CCCC2)CC1.Cl.Cl. The quantitative estimate of drug-likeness (QED) is 0.870. The van der Waals surface area contributed by atoms with Crippen molar-refractivity contribution in [2.45, 2.75) is 51.6 Å². The van der Waals surface area contributed by atoms with Crippen LogP contribution in [0, 0.1) is 13.8 Å². The van der Waals surface area contributed by atoms with Crippen LogP contribution in [0.5, 0.6) is 0 Å². The molecule has 2 heterocycles. The summed E-state index contributed by atoms with van der Waals surface area (Å²) in [6.07, 6.45) is 3.83. The fourth-order valence-electron chi connectivity index (χ4n) is 3.59. The highest BCUT2D eigenvalue weighted by Gasteiger charge is 2.40. The molecule has 1 aromatic heterocycles. The molecule has 138 valence electrons. The van der Waals surface area contributed by atoms with Crippen LogP contribution in [-0.4, -0.2) is 52.6 Å². The normalized spacial score (nSPS) is 20.4. The van der Waals surface area contributed by atoms with E-state index in [9.17, 15) is 4.79 Å². The zero-order valence-electron chi connectivity index (χ0n) is 14.4. The lowest BCUT2D eigenvalue weighted by Crippen LogP contribution is -2.58. The maximum atomic E-state index is 12.6. The van der Waals surface area contributed by atoms with Crippen molar-refractivity contribution in [2.24, 2.45) is 5.73 Å². The van der Waals surface area contributed by atoms with Crippen LogP contribution in [-0.2, 0) is 11.3 Å². The van der Waals surface area contributed by atoms with Gasteiger partial charge < -0.3 is 15.2 Å². The van der Waals surface area contributed by atoms with Crippen LogP contribution in [0.3, 0.4) is 0 Å². The number of halogens is 2. The predicted octanol–water partition coefficient (Wildman–Crippen LogP) is 2.05. The molecule has 1 saturated carbocycles. The van der Waals surface area contributed by atoms with Gasteiger partial charge in [0.1, 0.15) is 5.76 Å². The number of aromatic nitrogens is 1. The Morgan fingerprint density at radius 2 is 1.75 bits per heavy atom. The third-order valence-electron chi connectivity index (χ3n) is 5.14. The van der Waals surface area contributed by atoms with Gasteiger partial charge >= 0.3 is 0 Å². The molecule has 6 nitrogen and oxygen atoms in total. The van der Waals surface area contributed by atoms with E-state index in [1.807, 2.05) is 18.7 Å². The van der Waals surface area contributed by atoms with Gasteiger partial charge in [-0.05, 0) is 26.7 Å². The van der Waals surface area contributed by atoms with Crippen molar-refractivity contribution >= 4 is 30.7 Å². The van der Waals surface area contributed by atoms with Gasteiger partial charge in [0.2, 0.25) is 5.91 Å². The van der Waals surface area contributed by atoms with Crippen LogP contribution < -0.4 is 5.73 Å². The van der Waals surface area contributed by atoms with E-state index in [4.69, 9.17) is 10.3 Å². The number of hydrogen-bond donors (Lipinski definition) is 1. The standard InChI is InChI=1S/C16H26N4O2.2ClH/c1-12-14(13(2)22-18-12)11-19-7-9-20(10-8-19)15(21)16(17)5-3-4-6-16;;/h3-11,17H2,1-2H3;2*1H. The number of carbonyl (C=O) groups excluding carboxylic acids is 1. The number of amides is 1. The minimum atomic E-state index is -0.593. The highest BCUT2D eigenvalue weighted by molar-refractivity contribution is 5.86. The number of piperazine rings is 1. The Labute approximate surface area is 155 Å². The molecule has 3 rings (SSSR count). The first-order valence-electron chi connectivity index (χ1n) is 8.22. The van der Waals surface area contributed by atoms with E-state index < -0.39 is 5.54 Å². The minimum absolute atomic E-state index is 0. The molecular formula is C16H28Cl2N4O2. The maximum Gasteiger partial charge on any atom is 0.242 e. The average Bonchev–Trinajstić information content (AvgIpc) is 3.09. The Kier molecular flexibility index (Phi) is 7.53. The van der Waals surface area contributed by atoms with Gasteiger partial charge in [-0.25, -0.2) is 0 Å². The number of carbonyl (C=O) groups is 1. The molecule has 0 radical (unpaired) electrons. The predicted molar refractivity (Wildman–Crippen MR) is 97.7 cm³/mol. The maximum absolute atomic E-state index is 12.6. The van der Waals surface area contributed by atoms with E-state index >= 15 is 0 Å². The van der Waals surface area contributed by atoms with Gasteiger partial charge in [0.15, 0.2) is 0 Å². The van der Waals surface area contributed by atoms with E-state index in [-0.39, 0.29) is 30.7 Å². The largest absolute Gasteiger partial charge is 0.361 e. The summed E-state index contributed by atoms with van der Waals surface area (Å²) in [5, 5.41) is 4.00. The van der Waals surface area contributed by atoms with Crippen molar-refractivity contribution in [1.82, 2.24) is 15.0 Å². The summed E-state index contributed by atoms with van der Waals surface area (Å²) < 4.78 is 5.22. The molecule has 1 aliphatic heterocycles. The number of hydrogen-bond acceptors (Lipinski definition) is 5. The molecule has 0 spiro atoms. The third kappa shape index (κ3) is 4.23. The lowest BCUT2D eigenvalue weighted by atomic mass is 9.97. The fourth-order valence-corrected chi connectivity index (χ4v) is 3.59. The van der Waals surface area contributed by atoms with E-state index in [0.717, 1.165) is 69.9 Å². The molecule has 2 N–H and O–H groups in total. The number of rotatable bonds is 3. The molecule has 0 atom stereocenters. The summed E-state index contributed by atoms with van der Waals surface area (Å²) in [4.78, 5) is 16.9. The molecule has 1 amide bonds. The van der Waals surface area contributed by atoms with Gasteiger partial charge in [0.25, 0.3) is 0 Å². The third-order valence-corrected chi connectivity index (χ3v) is 5.14.